The zero-order chi connectivity index (χ0) is 16.8. The van der Waals surface area contributed by atoms with E-state index in [1.165, 1.54) is 0 Å². The molecule has 3 rings (SSSR count). The van der Waals surface area contributed by atoms with Crippen LogP contribution in [-0.2, 0) is 20.0 Å². The number of hydrazine groups is 2. The minimum atomic E-state index is -4.06. The number of benzene rings is 2. The third kappa shape index (κ3) is 2.45. The molecule has 2 aromatic carbocycles. The first-order valence-corrected chi connectivity index (χ1v) is 9.52. The van der Waals surface area contributed by atoms with E-state index in [1.807, 2.05) is 0 Å². The highest BCUT2D eigenvalue weighted by atomic mass is 32.2. The number of nitrogens with two attached hydrogens (primary N) is 2. The largest absolute Gasteiger partial charge is 0.258 e. The zero-order valence-electron chi connectivity index (χ0n) is 11.7. The molecule has 0 spiro atoms. The average molecular weight is 354 g/mol. The van der Waals surface area contributed by atoms with Crippen LogP contribution in [0.15, 0.2) is 42.5 Å². The Morgan fingerprint density at radius 3 is 2.17 bits per heavy atom. The lowest BCUT2D eigenvalue weighted by atomic mass is 9.93. The summed E-state index contributed by atoms with van der Waals surface area (Å²) in [7, 11) is -8.05. The molecule has 6 N–H and O–H groups in total. The third-order valence-electron chi connectivity index (χ3n) is 3.75. The fourth-order valence-electron chi connectivity index (χ4n) is 2.76. The molecular formula is C13H14N4O4S2. The van der Waals surface area contributed by atoms with E-state index in [0.717, 1.165) is 11.5 Å². The number of hydrogen-bond donors (Lipinski definition) is 4. The second kappa shape index (κ2) is 5.37. The molecule has 0 amide bonds. The lowest BCUT2D eigenvalue weighted by Gasteiger charge is -2.24. The summed E-state index contributed by atoms with van der Waals surface area (Å²) in [5.74, 6) is 10.2. The van der Waals surface area contributed by atoms with Crippen molar-refractivity contribution >= 4 is 35.7 Å². The van der Waals surface area contributed by atoms with Crippen molar-refractivity contribution in [1.29, 1.82) is 0 Å². The number of sulfonamides is 2. The molecule has 1 aliphatic rings. The van der Waals surface area contributed by atoms with Gasteiger partial charge in [0, 0.05) is 5.56 Å². The molecule has 0 bridgehead atoms. The highest BCUT2D eigenvalue weighted by Gasteiger charge is 2.34. The van der Waals surface area contributed by atoms with Crippen LogP contribution >= 0.6 is 0 Å². The zero-order valence-corrected chi connectivity index (χ0v) is 13.4. The monoisotopic (exact) mass is 354 g/mol. The lowest BCUT2D eigenvalue weighted by molar-refractivity contribution is 0.578. The molecule has 0 radical (unpaired) electrons. The Morgan fingerprint density at radius 1 is 0.913 bits per heavy atom. The van der Waals surface area contributed by atoms with Gasteiger partial charge in [-0.15, -0.1) is 0 Å². The van der Waals surface area contributed by atoms with Crippen molar-refractivity contribution in [3.05, 3.63) is 53.6 Å². The van der Waals surface area contributed by atoms with Crippen LogP contribution in [0.1, 0.15) is 16.4 Å². The van der Waals surface area contributed by atoms with Crippen molar-refractivity contribution in [2.24, 2.45) is 11.7 Å². The van der Waals surface area contributed by atoms with Gasteiger partial charge in [0.15, 0.2) is 0 Å². The summed E-state index contributed by atoms with van der Waals surface area (Å²) in [6.07, 6.45) is 1.13. The molecule has 1 unspecified atom stereocenters. The van der Waals surface area contributed by atoms with E-state index < -0.39 is 25.3 Å². The summed E-state index contributed by atoms with van der Waals surface area (Å²) in [6, 6.07) is 10.2. The maximum absolute atomic E-state index is 12.2. The van der Waals surface area contributed by atoms with Crippen LogP contribution in [0.4, 0.5) is 0 Å². The van der Waals surface area contributed by atoms with E-state index >= 15 is 0 Å². The summed E-state index contributed by atoms with van der Waals surface area (Å²) in [5.41, 5.74) is 0.839. The molecule has 1 atom stereocenters. The summed E-state index contributed by atoms with van der Waals surface area (Å²) >= 11 is 0. The minimum Gasteiger partial charge on any atom is -0.258 e. The van der Waals surface area contributed by atoms with Crippen LogP contribution in [0, 0.1) is 0 Å². The summed E-state index contributed by atoms with van der Waals surface area (Å²) in [6.45, 7) is 0. The number of hydrogen-bond acceptors (Lipinski definition) is 6. The van der Waals surface area contributed by atoms with Gasteiger partial charge in [-0.05, 0) is 22.4 Å². The SMILES string of the molecule is NNS(=O)(=O)C1=CC(S(=O)(=O)NN)c2cccc3cccc1c23. The molecule has 1 aliphatic carbocycles. The van der Waals surface area contributed by atoms with E-state index in [1.54, 1.807) is 46.1 Å². The molecule has 0 aliphatic heterocycles. The molecule has 10 heteroatoms. The molecule has 8 nitrogen and oxygen atoms in total. The van der Waals surface area contributed by atoms with Crippen LogP contribution in [0.25, 0.3) is 15.7 Å². The minimum absolute atomic E-state index is 0.201. The first-order chi connectivity index (χ1) is 10.8. The Hall–Kier alpha value is -1.82. The van der Waals surface area contributed by atoms with Crippen LogP contribution in [0.3, 0.4) is 0 Å². The fraction of sp³-hybridized carbons (Fsp3) is 0.0769. The van der Waals surface area contributed by atoms with Crippen molar-refractivity contribution in [2.75, 3.05) is 0 Å². The quantitative estimate of drug-likeness (QED) is 0.443. The third-order valence-corrected chi connectivity index (χ3v) is 6.39. The van der Waals surface area contributed by atoms with Gasteiger partial charge in [-0.2, -0.15) is 9.66 Å². The maximum Gasteiger partial charge on any atom is 0.253 e. The molecule has 23 heavy (non-hydrogen) atoms. The molecule has 0 fully saturated rings. The van der Waals surface area contributed by atoms with E-state index in [4.69, 9.17) is 11.7 Å². The predicted molar refractivity (Wildman–Crippen MR) is 87.2 cm³/mol. The molecule has 0 saturated heterocycles. The van der Waals surface area contributed by atoms with E-state index in [-0.39, 0.29) is 4.91 Å². The highest BCUT2D eigenvalue weighted by Crippen LogP contribution is 2.41. The Morgan fingerprint density at radius 2 is 1.57 bits per heavy atom. The summed E-state index contributed by atoms with van der Waals surface area (Å²) in [5, 5.41) is 0.00872. The van der Waals surface area contributed by atoms with Gasteiger partial charge in [-0.3, -0.25) is 11.7 Å². The Labute approximate surface area is 133 Å². The maximum atomic E-state index is 12.2. The van der Waals surface area contributed by atoms with Crippen LogP contribution in [-0.4, -0.2) is 16.8 Å². The van der Waals surface area contributed by atoms with E-state index in [0.29, 0.717) is 16.5 Å². The summed E-state index contributed by atoms with van der Waals surface area (Å²) in [4.78, 5) is 3.29. The van der Waals surface area contributed by atoms with Crippen molar-refractivity contribution in [3.8, 4) is 0 Å². The van der Waals surface area contributed by atoms with Gasteiger partial charge in [-0.25, -0.2) is 16.8 Å². The van der Waals surface area contributed by atoms with Crippen molar-refractivity contribution in [2.45, 2.75) is 5.25 Å². The number of rotatable bonds is 4. The average Bonchev–Trinajstić information content (AvgIpc) is 2.55. The van der Waals surface area contributed by atoms with Crippen LogP contribution in [0.5, 0.6) is 0 Å². The van der Waals surface area contributed by atoms with Crippen molar-refractivity contribution in [3.63, 3.8) is 0 Å². The molecule has 0 aromatic heterocycles. The van der Waals surface area contributed by atoms with Gasteiger partial charge < -0.3 is 0 Å². The molecule has 0 heterocycles. The normalized spacial score (nSPS) is 18.0. The second-order valence-corrected chi connectivity index (χ2v) is 8.50. The first kappa shape index (κ1) is 16.1. The van der Waals surface area contributed by atoms with Gasteiger partial charge in [0.2, 0.25) is 10.0 Å². The van der Waals surface area contributed by atoms with Gasteiger partial charge in [0.25, 0.3) is 10.0 Å². The fourth-order valence-corrected chi connectivity index (χ4v) is 4.74. The number of nitrogens with one attached hydrogen (secondary N) is 2. The predicted octanol–water partition coefficient (Wildman–Crippen LogP) is -0.178. The first-order valence-electron chi connectivity index (χ1n) is 6.49. The molecular weight excluding hydrogens is 340 g/mol. The topological polar surface area (TPSA) is 144 Å². The Balaban J connectivity index is 2.46. The second-order valence-electron chi connectivity index (χ2n) is 4.99. The van der Waals surface area contributed by atoms with Gasteiger partial charge in [0.05, 0.1) is 4.91 Å². The molecule has 0 saturated carbocycles. The van der Waals surface area contributed by atoms with E-state index in [9.17, 15) is 16.8 Å². The van der Waals surface area contributed by atoms with Gasteiger partial charge >= 0.3 is 0 Å². The van der Waals surface area contributed by atoms with Crippen molar-refractivity contribution in [1.82, 2.24) is 9.66 Å². The Bertz CT molecular complexity index is 1020. The van der Waals surface area contributed by atoms with Crippen molar-refractivity contribution < 1.29 is 16.8 Å². The smallest absolute Gasteiger partial charge is 0.253 e. The van der Waals surface area contributed by atoms with Gasteiger partial charge in [0.1, 0.15) is 5.25 Å². The molecule has 122 valence electrons. The van der Waals surface area contributed by atoms with Crippen LogP contribution in [0.2, 0.25) is 0 Å². The molecule has 2 aromatic rings. The standard InChI is InChI=1S/C13H14N4O4S2/c14-16-22(18,19)11-7-12(23(20,21)17-15)10-6-2-4-8-3-1-5-9(11)13(8)10/h1-7,11,16-17H,14-15H2. The van der Waals surface area contributed by atoms with Crippen LogP contribution < -0.4 is 21.3 Å². The van der Waals surface area contributed by atoms with Gasteiger partial charge in [-0.1, -0.05) is 36.4 Å². The lowest BCUT2D eigenvalue weighted by Crippen LogP contribution is -2.36. The Kier molecular flexibility index (Phi) is 3.75. The van der Waals surface area contributed by atoms with E-state index in [2.05, 4.69) is 0 Å². The highest BCUT2D eigenvalue weighted by molar-refractivity contribution is 7.99. The summed E-state index contributed by atoms with van der Waals surface area (Å²) < 4.78 is 48.9.